The van der Waals surface area contributed by atoms with Gasteiger partial charge in [0.15, 0.2) is 5.65 Å². The number of pyridine rings is 2. The molecule has 0 aliphatic rings. The largest absolute Gasteiger partial charge is 0.472 e. The third-order valence-corrected chi connectivity index (χ3v) is 5.70. The molecule has 0 amide bonds. The van der Waals surface area contributed by atoms with Crippen molar-refractivity contribution in [2.24, 2.45) is 0 Å². The van der Waals surface area contributed by atoms with Crippen molar-refractivity contribution < 1.29 is 4.42 Å². The van der Waals surface area contributed by atoms with Crippen LogP contribution in [0.25, 0.3) is 55.6 Å². The van der Waals surface area contributed by atoms with Gasteiger partial charge in [-0.15, -0.1) is 0 Å². The predicted molar refractivity (Wildman–Crippen MR) is 131 cm³/mol. The highest BCUT2D eigenvalue weighted by Crippen LogP contribution is 2.35. The number of aromatic amines is 2. The second-order valence-electron chi connectivity index (χ2n) is 8.42. The topological polar surface area (TPSA) is 95.4 Å². The monoisotopic (exact) mass is 434 g/mol. The zero-order valence-corrected chi connectivity index (χ0v) is 18.3. The zero-order chi connectivity index (χ0) is 22.4. The molecular weight excluding hydrogens is 412 g/mol. The fourth-order valence-corrected chi connectivity index (χ4v) is 4.23. The first-order chi connectivity index (χ1) is 16.2. The molecule has 162 valence electrons. The summed E-state index contributed by atoms with van der Waals surface area (Å²) in [7, 11) is 0. The average molecular weight is 435 g/mol. The van der Waals surface area contributed by atoms with E-state index in [1.807, 2.05) is 30.7 Å². The van der Waals surface area contributed by atoms with Gasteiger partial charge in [0.2, 0.25) is 0 Å². The summed E-state index contributed by atoms with van der Waals surface area (Å²) in [5.74, 6) is 0. The Labute approximate surface area is 189 Å². The Morgan fingerprint density at radius 2 is 1.85 bits per heavy atom. The Kier molecular flexibility index (Phi) is 4.47. The van der Waals surface area contributed by atoms with Gasteiger partial charge in [-0.1, -0.05) is 12.1 Å². The smallest absolute Gasteiger partial charge is 0.181 e. The SMILES string of the molecule is CC(C)Nc1cncc(-c2cnc3n[nH]c(-c4cc5c(-c6ccoc6)cccc5[nH]4)c3c2)c1. The number of benzene rings is 1. The van der Waals surface area contributed by atoms with Crippen LogP contribution in [0, 0.1) is 0 Å². The molecule has 7 heteroatoms. The number of nitrogens with one attached hydrogen (secondary N) is 3. The molecule has 0 saturated heterocycles. The molecule has 0 spiro atoms. The molecule has 6 rings (SSSR count). The summed E-state index contributed by atoms with van der Waals surface area (Å²) >= 11 is 0. The van der Waals surface area contributed by atoms with E-state index in [1.165, 1.54) is 0 Å². The highest BCUT2D eigenvalue weighted by atomic mass is 16.3. The maximum Gasteiger partial charge on any atom is 0.181 e. The molecule has 0 aliphatic carbocycles. The Morgan fingerprint density at radius 3 is 2.70 bits per heavy atom. The molecule has 0 bridgehead atoms. The second-order valence-corrected chi connectivity index (χ2v) is 8.42. The first kappa shape index (κ1) is 19.3. The van der Waals surface area contributed by atoms with E-state index in [2.05, 4.69) is 74.6 Å². The maximum absolute atomic E-state index is 5.29. The second kappa shape index (κ2) is 7.63. The quantitative estimate of drug-likeness (QED) is 0.298. The van der Waals surface area contributed by atoms with Crippen LogP contribution in [0.1, 0.15) is 13.8 Å². The summed E-state index contributed by atoms with van der Waals surface area (Å²) in [6.45, 7) is 4.21. The predicted octanol–water partition coefficient (Wildman–Crippen LogP) is 6.25. The molecule has 0 unspecified atom stereocenters. The van der Waals surface area contributed by atoms with Gasteiger partial charge >= 0.3 is 0 Å². The van der Waals surface area contributed by atoms with Gasteiger partial charge < -0.3 is 14.7 Å². The lowest BCUT2D eigenvalue weighted by atomic mass is 10.0. The molecule has 0 radical (unpaired) electrons. The number of nitrogens with zero attached hydrogens (tertiary/aromatic N) is 3. The van der Waals surface area contributed by atoms with Gasteiger partial charge in [-0.3, -0.25) is 10.1 Å². The molecule has 0 aliphatic heterocycles. The van der Waals surface area contributed by atoms with Gasteiger partial charge in [-0.2, -0.15) is 5.10 Å². The van der Waals surface area contributed by atoms with E-state index in [0.717, 1.165) is 55.6 Å². The minimum atomic E-state index is 0.331. The minimum absolute atomic E-state index is 0.331. The molecule has 0 saturated carbocycles. The van der Waals surface area contributed by atoms with Gasteiger partial charge in [0, 0.05) is 57.6 Å². The molecule has 0 atom stereocenters. The lowest BCUT2D eigenvalue weighted by Gasteiger charge is -2.10. The summed E-state index contributed by atoms with van der Waals surface area (Å²) in [5, 5.41) is 13.1. The lowest BCUT2D eigenvalue weighted by molar-refractivity contribution is 0.568. The van der Waals surface area contributed by atoms with Crippen molar-refractivity contribution in [3.63, 3.8) is 0 Å². The van der Waals surface area contributed by atoms with Gasteiger partial charge in [-0.05, 0) is 49.7 Å². The van der Waals surface area contributed by atoms with Crippen LogP contribution in [-0.4, -0.2) is 31.2 Å². The van der Waals surface area contributed by atoms with Crippen molar-refractivity contribution in [2.75, 3.05) is 5.32 Å². The number of hydrogen-bond acceptors (Lipinski definition) is 5. The third kappa shape index (κ3) is 3.43. The van der Waals surface area contributed by atoms with Crippen LogP contribution in [0.3, 0.4) is 0 Å². The number of anilines is 1. The third-order valence-electron chi connectivity index (χ3n) is 5.70. The number of aromatic nitrogens is 5. The number of fused-ring (bicyclic) bond motifs is 2. The van der Waals surface area contributed by atoms with Crippen molar-refractivity contribution in [3.05, 3.63) is 73.6 Å². The first-order valence-corrected chi connectivity index (χ1v) is 10.9. The fourth-order valence-electron chi connectivity index (χ4n) is 4.23. The molecule has 0 fully saturated rings. The fraction of sp³-hybridized carbons (Fsp3) is 0.115. The highest BCUT2D eigenvalue weighted by Gasteiger charge is 2.15. The van der Waals surface area contributed by atoms with Crippen molar-refractivity contribution in [1.29, 1.82) is 0 Å². The van der Waals surface area contributed by atoms with Crippen molar-refractivity contribution in [3.8, 4) is 33.6 Å². The molecule has 6 aromatic rings. The van der Waals surface area contributed by atoms with Crippen molar-refractivity contribution in [2.45, 2.75) is 19.9 Å². The molecule has 5 aromatic heterocycles. The summed E-state index contributed by atoms with van der Waals surface area (Å²) in [6.07, 6.45) is 8.98. The Balaban J connectivity index is 1.45. The number of furan rings is 1. The van der Waals surface area contributed by atoms with E-state index in [9.17, 15) is 0 Å². The zero-order valence-electron chi connectivity index (χ0n) is 18.3. The van der Waals surface area contributed by atoms with E-state index in [4.69, 9.17) is 4.42 Å². The number of H-pyrrole nitrogens is 2. The van der Waals surface area contributed by atoms with Crippen LogP contribution in [0.15, 0.2) is 78.0 Å². The van der Waals surface area contributed by atoms with Crippen LogP contribution >= 0.6 is 0 Å². The van der Waals surface area contributed by atoms with Gasteiger partial charge in [0.25, 0.3) is 0 Å². The van der Waals surface area contributed by atoms with E-state index >= 15 is 0 Å². The highest BCUT2D eigenvalue weighted by molar-refractivity contribution is 6.01. The maximum atomic E-state index is 5.29. The molecule has 7 nitrogen and oxygen atoms in total. The van der Waals surface area contributed by atoms with Crippen LogP contribution in [0.5, 0.6) is 0 Å². The first-order valence-electron chi connectivity index (χ1n) is 10.9. The van der Waals surface area contributed by atoms with E-state index in [1.54, 1.807) is 12.5 Å². The van der Waals surface area contributed by atoms with Gasteiger partial charge in [-0.25, -0.2) is 4.98 Å². The summed E-state index contributed by atoms with van der Waals surface area (Å²) < 4.78 is 5.29. The summed E-state index contributed by atoms with van der Waals surface area (Å²) in [5.41, 5.74) is 8.71. The summed E-state index contributed by atoms with van der Waals surface area (Å²) in [6, 6.07) is 14.9. The Morgan fingerprint density at radius 1 is 0.939 bits per heavy atom. The van der Waals surface area contributed by atoms with Crippen LogP contribution < -0.4 is 5.32 Å². The molecule has 33 heavy (non-hydrogen) atoms. The average Bonchev–Trinajstić information content (AvgIpc) is 3.57. The number of hydrogen-bond donors (Lipinski definition) is 3. The molecular formula is C26H22N6O. The molecule has 3 N–H and O–H groups in total. The van der Waals surface area contributed by atoms with Crippen LogP contribution in [0.2, 0.25) is 0 Å². The van der Waals surface area contributed by atoms with Crippen molar-refractivity contribution >= 4 is 27.6 Å². The normalized spacial score (nSPS) is 11.6. The Bertz CT molecular complexity index is 1580. The number of rotatable bonds is 5. The van der Waals surface area contributed by atoms with Crippen molar-refractivity contribution in [1.82, 2.24) is 25.1 Å². The molecule has 1 aromatic carbocycles. The van der Waals surface area contributed by atoms with Crippen LogP contribution in [0.4, 0.5) is 5.69 Å². The minimum Gasteiger partial charge on any atom is -0.472 e. The molecule has 5 heterocycles. The Hall–Kier alpha value is -4.39. The lowest BCUT2D eigenvalue weighted by Crippen LogP contribution is -2.09. The van der Waals surface area contributed by atoms with Gasteiger partial charge in [0.1, 0.15) is 0 Å². The van der Waals surface area contributed by atoms with E-state index in [0.29, 0.717) is 11.7 Å². The standard InChI is InChI=1S/C26H22N6O/c1-15(2)29-19-8-17(11-27-13-19)18-9-22-25(31-32-26(22)28-12-18)24-10-21-20(16-6-7-33-14-16)4-3-5-23(21)30-24/h3-15,29-30H,1-2H3,(H,28,31,32). The summed E-state index contributed by atoms with van der Waals surface area (Å²) in [4.78, 5) is 12.5. The van der Waals surface area contributed by atoms with Crippen LogP contribution in [-0.2, 0) is 0 Å². The van der Waals surface area contributed by atoms with E-state index in [-0.39, 0.29) is 0 Å². The van der Waals surface area contributed by atoms with E-state index < -0.39 is 0 Å². The van der Waals surface area contributed by atoms with Gasteiger partial charge in [0.05, 0.1) is 29.6 Å².